The van der Waals surface area contributed by atoms with Crippen molar-refractivity contribution in [3.8, 4) is 0 Å². The summed E-state index contributed by atoms with van der Waals surface area (Å²) < 4.78 is 48.2. The number of imidazole rings is 1. The molecule has 1 aliphatic rings. The summed E-state index contributed by atoms with van der Waals surface area (Å²) in [5, 5.41) is -0.135. The van der Waals surface area contributed by atoms with Crippen LogP contribution in [0.5, 0.6) is 0 Å². The molecule has 0 radical (unpaired) electrons. The Morgan fingerprint density at radius 2 is 1.91 bits per heavy atom. The maximum absolute atomic E-state index is 14.2. The van der Waals surface area contributed by atoms with Gasteiger partial charge in [0.15, 0.2) is 0 Å². The van der Waals surface area contributed by atoms with Gasteiger partial charge in [-0.05, 0) is 38.0 Å². The van der Waals surface area contributed by atoms with Crippen molar-refractivity contribution in [1.29, 1.82) is 0 Å². The summed E-state index contributed by atoms with van der Waals surface area (Å²) in [5.74, 6) is -1.22. The Bertz CT molecular complexity index is 1240. The molecular weight excluding hydrogens is 457 g/mol. The summed E-state index contributed by atoms with van der Waals surface area (Å²) in [5.41, 5.74) is 1.24. The first-order chi connectivity index (χ1) is 16.4. The second-order valence-electron chi connectivity index (χ2n) is 8.31. The lowest BCUT2D eigenvalue weighted by molar-refractivity contribution is 0.0741. The molecule has 0 bridgehead atoms. The number of carbonyl (C=O) groups excluding carboxylic acids is 1. The minimum Gasteiger partial charge on any atom is -0.376 e. The first kappa shape index (κ1) is 24.1. The zero-order valence-electron chi connectivity index (χ0n) is 19.1. The Balaban J connectivity index is 1.66. The van der Waals surface area contributed by atoms with Gasteiger partial charge >= 0.3 is 0 Å². The van der Waals surface area contributed by atoms with Gasteiger partial charge in [-0.15, -0.1) is 0 Å². The molecule has 9 heteroatoms. The number of halogens is 1. The molecular formula is C25H28FN3O4S. The summed E-state index contributed by atoms with van der Waals surface area (Å²) in [6.45, 7) is 3.44. The third-order valence-electron chi connectivity index (χ3n) is 5.94. The molecule has 7 nitrogen and oxygen atoms in total. The second kappa shape index (κ2) is 10.5. The zero-order valence-corrected chi connectivity index (χ0v) is 19.9. The normalized spacial score (nSPS) is 16.0. The van der Waals surface area contributed by atoms with Gasteiger partial charge in [0.1, 0.15) is 5.82 Å². The van der Waals surface area contributed by atoms with Crippen LogP contribution in [0.25, 0.3) is 0 Å². The fourth-order valence-corrected chi connectivity index (χ4v) is 5.64. The monoisotopic (exact) mass is 485 g/mol. The SMILES string of the molecule is CCN(Cc1cnc(S(=O)(=O)Cc2ccccc2F)n1CC1CCCO1)C(=O)c1ccccc1. The van der Waals surface area contributed by atoms with E-state index in [9.17, 15) is 17.6 Å². The fourth-order valence-electron chi connectivity index (χ4n) is 4.12. The smallest absolute Gasteiger partial charge is 0.254 e. The number of amides is 1. The molecule has 1 unspecified atom stereocenters. The van der Waals surface area contributed by atoms with Crippen LogP contribution in [0, 0.1) is 5.82 Å². The summed E-state index contributed by atoms with van der Waals surface area (Å²) >= 11 is 0. The molecule has 0 saturated carbocycles. The van der Waals surface area contributed by atoms with E-state index in [0.717, 1.165) is 12.8 Å². The molecule has 0 spiro atoms. The van der Waals surface area contributed by atoms with E-state index in [0.29, 0.717) is 31.0 Å². The Labute approximate surface area is 199 Å². The highest BCUT2D eigenvalue weighted by Crippen LogP contribution is 2.23. The Morgan fingerprint density at radius 1 is 1.18 bits per heavy atom. The first-order valence-electron chi connectivity index (χ1n) is 11.4. The van der Waals surface area contributed by atoms with Crippen LogP contribution in [0.15, 0.2) is 66.0 Å². The first-order valence-corrected chi connectivity index (χ1v) is 13.0. The molecule has 1 saturated heterocycles. The van der Waals surface area contributed by atoms with Crippen molar-refractivity contribution >= 4 is 15.7 Å². The van der Waals surface area contributed by atoms with Crippen molar-refractivity contribution in [3.63, 3.8) is 0 Å². The van der Waals surface area contributed by atoms with Gasteiger partial charge in [-0.2, -0.15) is 0 Å². The van der Waals surface area contributed by atoms with E-state index < -0.39 is 21.4 Å². The molecule has 3 aromatic rings. The average Bonchev–Trinajstić information content (AvgIpc) is 3.50. The van der Waals surface area contributed by atoms with Crippen LogP contribution in [-0.4, -0.2) is 48.0 Å². The molecule has 0 N–H and O–H groups in total. The fraction of sp³-hybridized carbons (Fsp3) is 0.360. The quantitative estimate of drug-likeness (QED) is 0.460. The second-order valence-corrected chi connectivity index (χ2v) is 10.2. The van der Waals surface area contributed by atoms with Crippen LogP contribution in [-0.2, 0) is 33.4 Å². The third-order valence-corrected chi connectivity index (χ3v) is 7.51. The molecule has 34 heavy (non-hydrogen) atoms. The van der Waals surface area contributed by atoms with Crippen molar-refractivity contribution < 1.29 is 22.3 Å². The minimum absolute atomic E-state index is 0.0881. The summed E-state index contributed by atoms with van der Waals surface area (Å²) in [6, 6.07) is 14.8. The molecule has 1 amide bonds. The summed E-state index contributed by atoms with van der Waals surface area (Å²) in [6.07, 6.45) is 3.06. The van der Waals surface area contributed by atoms with Gasteiger partial charge in [-0.25, -0.2) is 17.8 Å². The highest BCUT2D eigenvalue weighted by molar-refractivity contribution is 7.90. The van der Waals surface area contributed by atoms with Crippen molar-refractivity contribution in [1.82, 2.24) is 14.5 Å². The van der Waals surface area contributed by atoms with Crippen molar-refractivity contribution in [2.45, 2.75) is 49.9 Å². The molecule has 2 heterocycles. The van der Waals surface area contributed by atoms with E-state index in [2.05, 4.69) is 4.98 Å². The van der Waals surface area contributed by atoms with Gasteiger partial charge < -0.3 is 14.2 Å². The Hall–Kier alpha value is -3.04. The standard InChI is InChI=1S/C25H28FN3O4S/c1-2-28(24(30)19-9-4-3-5-10-19)16-21-15-27-25(29(21)17-22-12-8-14-33-22)34(31,32)18-20-11-6-7-13-23(20)26/h3-7,9-11,13,15,22H,2,8,12,14,16-18H2,1H3. The number of hydrogen-bond acceptors (Lipinski definition) is 5. The Kier molecular flexibility index (Phi) is 7.43. The van der Waals surface area contributed by atoms with Crippen LogP contribution < -0.4 is 0 Å². The third kappa shape index (κ3) is 5.37. The van der Waals surface area contributed by atoms with E-state index in [-0.39, 0.29) is 29.3 Å². The average molecular weight is 486 g/mol. The summed E-state index contributed by atoms with van der Waals surface area (Å²) in [7, 11) is -3.95. The van der Waals surface area contributed by atoms with Crippen molar-refractivity contribution in [3.05, 3.63) is 83.4 Å². The molecule has 1 fully saturated rings. The van der Waals surface area contributed by atoms with Gasteiger partial charge in [0.05, 0.1) is 36.8 Å². The molecule has 4 rings (SSSR count). The number of hydrogen-bond donors (Lipinski definition) is 0. The van der Waals surface area contributed by atoms with Crippen LogP contribution in [0.1, 0.15) is 41.4 Å². The van der Waals surface area contributed by atoms with Gasteiger partial charge in [0.25, 0.3) is 5.91 Å². The maximum atomic E-state index is 14.2. The van der Waals surface area contributed by atoms with E-state index in [1.54, 1.807) is 39.8 Å². The molecule has 1 aliphatic heterocycles. The maximum Gasteiger partial charge on any atom is 0.254 e. The van der Waals surface area contributed by atoms with Crippen LogP contribution >= 0.6 is 0 Å². The minimum atomic E-state index is -3.95. The van der Waals surface area contributed by atoms with Crippen molar-refractivity contribution in [2.75, 3.05) is 13.2 Å². The van der Waals surface area contributed by atoms with Crippen LogP contribution in [0.2, 0.25) is 0 Å². The number of rotatable bonds is 9. The zero-order chi connectivity index (χ0) is 24.1. The number of sulfone groups is 1. The largest absolute Gasteiger partial charge is 0.376 e. The highest BCUT2D eigenvalue weighted by Gasteiger charge is 2.29. The van der Waals surface area contributed by atoms with Gasteiger partial charge in [-0.3, -0.25) is 4.79 Å². The van der Waals surface area contributed by atoms with Crippen LogP contribution in [0.4, 0.5) is 4.39 Å². The summed E-state index contributed by atoms with van der Waals surface area (Å²) in [4.78, 5) is 18.9. The molecule has 180 valence electrons. The molecule has 1 atom stereocenters. The van der Waals surface area contributed by atoms with Gasteiger partial charge in [-0.1, -0.05) is 36.4 Å². The van der Waals surface area contributed by atoms with E-state index in [1.807, 2.05) is 13.0 Å². The van der Waals surface area contributed by atoms with Crippen LogP contribution in [0.3, 0.4) is 0 Å². The predicted octanol–water partition coefficient (Wildman–Crippen LogP) is 3.84. The number of carbonyl (C=O) groups is 1. The Morgan fingerprint density at radius 3 is 2.59 bits per heavy atom. The predicted molar refractivity (Wildman–Crippen MR) is 125 cm³/mol. The van der Waals surface area contributed by atoms with E-state index >= 15 is 0 Å². The van der Waals surface area contributed by atoms with E-state index in [1.165, 1.54) is 24.4 Å². The van der Waals surface area contributed by atoms with Crippen molar-refractivity contribution in [2.24, 2.45) is 0 Å². The van der Waals surface area contributed by atoms with Gasteiger partial charge in [0, 0.05) is 24.3 Å². The van der Waals surface area contributed by atoms with E-state index in [4.69, 9.17) is 4.74 Å². The highest BCUT2D eigenvalue weighted by atomic mass is 32.2. The number of ether oxygens (including phenoxy) is 1. The lowest BCUT2D eigenvalue weighted by Crippen LogP contribution is -2.32. The topological polar surface area (TPSA) is 81.5 Å². The molecule has 2 aromatic carbocycles. The van der Waals surface area contributed by atoms with Gasteiger partial charge in [0.2, 0.25) is 15.0 Å². The number of benzene rings is 2. The molecule has 1 aromatic heterocycles. The lowest BCUT2D eigenvalue weighted by atomic mass is 10.2. The lowest BCUT2D eigenvalue weighted by Gasteiger charge is -2.23. The number of aromatic nitrogens is 2. The number of nitrogens with zero attached hydrogens (tertiary/aromatic N) is 3. The molecule has 0 aliphatic carbocycles.